The molecule has 47 heavy (non-hydrogen) atoms. The molecule has 0 saturated carbocycles. The number of aryl methyl sites for hydroxylation is 1. The molecule has 1 aromatic heterocycles. The SMILES string of the molecule is Cc1cc(COC(=O)N2CC[C@@H](N3CCc4ccccc4NC3=O)C[C@@]2(CC=O)N2CCC(N3CCCCC3)CC2)cc2[nH]cnc12. The number of fused-ring (bicyclic) bond motifs is 2. The number of rotatable bonds is 7. The first-order valence-corrected chi connectivity index (χ1v) is 17.4. The van der Waals surface area contributed by atoms with Crippen LogP contribution < -0.4 is 5.32 Å². The van der Waals surface area contributed by atoms with Crippen LogP contribution in [0.3, 0.4) is 0 Å². The number of imidazole rings is 1. The quantitative estimate of drug-likeness (QED) is 0.337. The normalized spacial score (nSPS) is 24.9. The lowest BCUT2D eigenvalue weighted by atomic mass is 9.84. The highest BCUT2D eigenvalue weighted by atomic mass is 16.6. The Bertz CT molecular complexity index is 1590. The molecule has 2 atom stereocenters. The second kappa shape index (κ2) is 13.6. The van der Waals surface area contributed by atoms with Gasteiger partial charge < -0.3 is 29.6 Å². The largest absolute Gasteiger partial charge is 0.444 e. The number of para-hydroxylation sites is 1. The summed E-state index contributed by atoms with van der Waals surface area (Å²) in [4.78, 5) is 56.6. The lowest BCUT2D eigenvalue weighted by Gasteiger charge is -2.57. The smallest absolute Gasteiger partial charge is 0.411 e. The summed E-state index contributed by atoms with van der Waals surface area (Å²) in [6.07, 6.45) is 10.0. The van der Waals surface area contributed by atoms with E-state index in [9.17, 15) is 14.4 Å². The van der Waals surface area contributed by atoms with Crippen LogP contribution in [-0.2, 0) is 22.6 Å². The number of hydrogen-bond acceptors (Lipinski definition) is 7. The van der Waals surface area contributed by atoms with Crippen LogP contribution in [0.5, 0.6) is 0 Å². The number of hydrogen-bond donors (Lipinski definition) is 2. The van der Waals surface area contributed by atoms with Crippen molar-refractivity contribution in [3.05, 3.63) is 59.4 Å². The number of anilines is 1. The van der Waals surface area contributed by atoms with Crippen molar-refractivity contribution in [3.8, 4) is 0 Å². The van der Waals surface area contributed by atoms with Gasteiger partial charge in [0.1, 0.15) is 18.6 Å². The Morgan fingerprint density at radius 1 is 1.02 bits per heavy atom. The Labute approximate surface area is 276 Å². The lowest BCUT2D eigenvalue weighted by Crippen LogP contribution is -2.70. The van der Waals surface area contributed by atoms with Crippen molar-refractivity contribution in [3.63, 3.8) is 0 Å². The number of amides is 3. The van der Waals surface area contributed by atoms with Crippen LogP contribution in [0.25, 0.3) is 11.0 Å². The standard InChI is InChI=1S/C36H47N7O4/c1-26-21-27(22-32-33(26)38-25-37-32)24-47-35(46)43-19-12-30(42-18-9-28-7-3-4-8-31(28)39-34(42)45)23-36(43,13-20-44)41-16-10-29(11-17-41)40-14-5-2-6-15-40/h3-4,7-8,20-22,25,29-30H,2,5-6,9-19,23-24H2,1H3,(H,37,38)(H,39,45)/t30-,36+/m1/s1. The number of carbonyl (C=O) groups excluding carboxylic acids is 3. The van der Waals surface area contributed by atoms with Gasteiger partial charge in [-0.15, -0.1) is 0 Å². The first-order chi connectivity index (χ1) is 22.9. The summed E-state index contributed by atoms with van der Waals surface area (Å²) < 4.78 is 6.03. The molecule has 0 bridgehead atoms. The summed E-state index contributed by atoms with van der Waals surface area (Å²) in [5, 5.41) is 3.12. The molecule has 0 unspecified atom stereocenters. The van der Waals surface area contributed by atoms with Crippen LogP contribution in [0.1, 0.15) is 68.1 Å². The number of aromatic nitrogens is 2. The van der Waals surface area contributed by atoms with E-state index in [-0.39, 0.29) is 25.1 Å². The second-order valence-corrected chi connectivity index (χ2v) is 13.8. The zero-order valence-electron chi connectivity index (χ0n) is 27.5. The maximum atomic E-state index is 14.1. The van der Waals surface area contributed by atoms with Crippen molar-refractivity contribution < 1.29 is 19.1 Å². The van der Waals surface area contributed by atoms with Gasteiger partial charge in [-0.05, 0) is 87.4 Å². The Kier molecular flexibility index (Phi) is 9.18. The Morgan fingerprint density at radius 2 is 1.81 bits per heavy atom. The summed E-state index contributed by atoms with van der Waals surface area (Å²) in [6.45, 7) is 6.99. The molecule has 7 rings (SSSR count). The number of aromatic amines is 1. The fraction of sp³-hybridized carbons (Fsp3) is 0.556. The number of carbonyl (C=O) groups is 3. The minimum atomic E-state index is -0.878. The average molecular weight is 642 g/mol. The minimum Gasteiger partial charge on any atom is -0.444 e. The van der Waals surface area contributed by atoms with Gasteiger partial charge in [0.2, 0.25) is 0 Å². The Morgan fingerprint density at radius 3 is 2.62 bits per heavy atom. The van der Waals surface area contributed by atoms with Crippen LogP contribution in [0, 0.1) is 6.92 Å². The van der Waals surface area contributed by atoms with Crippen molar-refractivity contribution >= 4 is 35.1 Å². The van der Waals surface area contributed by atoms with Gasteiger partial charge in [-0.25, -0.2) is 14.6 Å². The maximum Gasteiger partial charge on any atom is 0.411 e. The first-order valence-electron chi connectivity index (χ1n) is 17.4. The number of nitrogens with zero attached hydrogens (tertiary/aromatic N) is 5. The monoisotopic (exact) mass is 641 g/mol. The van der Waals surface area contributed by atoms with Gasteiger partial charge in [0, 0.05) is 56.8 Å². The van der Waals surface area contributed by atoms with Crippen LogP contribution >= 0.6 is 0 Å². The molecule has 11 heteroatoms. The van der Waals surface area contributed by atoms with Crippen molar-refractivity contribution in [2.45, 2.75) is 89.1 Å². The summed E-state index contributed by atoms with van der Waals surface area (Å²) >= 11 is 0. The van der Waals surface area contributed by atoms with Gasteiger partial charge in [-0.2, -0.15) is 0 Å². The molecule has 3 aromatic rings. The molecular formula is C36H47N7O4. The number of nitrogens with one attached hydrogen (secondary N) is 2. The highest BCUT2D eigenvalue weighted by Gasteiger charge is 2.52. The van der Waals surface area contributed by atoms with E-state index in [0.29, 0.717) is 32.0 Å². The molecule has 3 amide bonds. The number of H-pyrrole nitrogens is 1. The van der Waals surface area contributed by atoms with E-state index in [4.69, 9.17) is 4.74 Å². The van der Waals surface area contributed by atoms with E-state index in [0.717, 1.165) is 85.1 Å². The molecule has 0 radical (unpaired) electrons. The van der Waals surface area contributed by atoms with Gasteiger partial charge >= 0.3 is 12.1 Å². The zero-order chi connectivity index (χ0) is 32.4. The van der Waals surface area contributed by atoms with Gasteiger partial charge in [0.05, 0.1) is 17.4 Å². The highest BCUT2D eigenvalue weighted by molar-refractivity contribution is 5.91. The first kappa shape index (κ1) is 31.6. The highest BCUT2D eigenvalue weighted by Crippen LogP contribution is 2.40. The van der Waals surface area contributed by atoms with Gasteiger partial charge in [0.25, 0.3) is 0 Å². The zero-order valence-corrected chi connectivity index (χ0v) is 27.5. The maximum absolute atomic E-state index is 14.1. The van der Waals surface area contributed by atoms with Gasteiger partial charge in [-0.3, -0.25) is 9.80 Å². The molecule has 250 valence electrons. The average Bonchev–Trinajstić information content (AvgIpc) is 3.51. The number of likely N-dealkylation sites (tertiary alicyclic amines) is 3. The molecule has 11 nitrogen and oxygen atoms in total. The van der Waals surface area contributed by atoms with Crippen molar-refractivity contribution in [1.29, 1.82) is 0 Å². The molecule has 4 aliphatic heterocycles. The third-order valence-corrected chi connectivity index (χ3v) is 11.1. The number of ether oxygens (including phenoxy) is 1. The van der Waals surface area contributed by atoms with E-state index in [1.807, 2.05) is 47.1 Å². The molecule has 2 aromatic carbocycles. The van der Waals surface area contributed by atoms with E-state index in [1.165, 1.54) is 19.3 Å². The van der Waals surface area contributed by atoms with Gasteiger partial charge in [0.15, 0.2) is 0 Å². The number of piperidine rings is 3. The van der Waals surface area contributed by atoms with Crippen molar-refractivity contribution in [1.82, 2.24) is 29.6 Å². The fourth-order valence-corrected chi connectivity index (χ4v) is 8.64. The van der Waals surface area contributed by atoms with Gasteiger partial charge in [-0.1, -0.05) is 30.7 Å². The predicted molar refractivity (Wildman–Crippen MR) is 180 cm³/mol. The van der Waals surface area contributed by atoms with E-state index < -0.39 is 11.8 Å². The molecule has 3 saturated heterocycles. The number of aldehydes is 1. The molecule has 5 heterocycles. The summed E-state index contributed by atoms with van der Waals surface area (Å²) in [5.74, 6) is 0. The van der Waals surface area contributed by atoms with Crippen LogP contribution in [0.4, 0.5) is 15.3 Å². The molecule has 0 spiro atoms. The van der Waals surface area contributed by atoms with Crippen molar-refractivity contribution in [2.75, 3.05) is 44.6 Å². The van der Waals surface area contributed by atoms with E-state index in [2.05, 4.69) is 31.2 Å². The Balaban J connectivity index is 1.13. The molecule has 2 N–H and O–H groups in total. The Hall–Kier alpha value is -3.96. The van der Waals surface area contributed by atoms with E-state index >= 15 is 0 Å². The van der Waals surface area contributed by atoms with Crippen LogP contribution in [0.2, 0.25) is 0 Å². The van der Waals surface area contributed by atoms with Crippen molar-refractivity contribution in [2.24, 2.45) is 0 Å². The third kappa shape index (κ3) is 6.35. The summed E-state index contributed by atoms with van der Waals surface area (Å²) in [6, 6.07) is 12.2. The van der Waals surface area contributed by atoms with Crippen LogP contribution in [-0.4, -0.2) is 105 Å². The van der Waals surface area contributed by atoms with E-state index in [1.54, 1.807) is 6.33 Å². The predicted octanol–water partition coefficient (Wildman–Crippen LogP) is 5.30. The fourth-order valence-electron chi connectivity index (χ4n) is 8.64. The third-order valence-electron chi connectivity index (χ3n) is 11.1. The lowest BCUT2D eigenvalue weighted by molar-refractivity contribution is -0.128. The summed E-state index contributed by atoms with van der Waals surface area (Å²) in [5.41, 5.74) is 4.79. The summed E-state index contributed by atoms with van der Waals surface area (Å²) in [7, 11) is 0. The topological polar surface area (TPSA) is 114 Å². The minimum absolute atomic E-state index is 0.121. The molecule has 3 fully saturated rings. The molecule has 4 aliphatic rings. The number of urea groups is 1. The molecular weight excluding hydrogens is 594 g/mol. The number of benzene rings is 2. The molecule has 0 aliphatic carbocycles. The van der Waals surface area contributed by atoms with Crippen LogP contribution in [0.15, 0.2) is 42.7 Å². The second-order valence-electron chi connectivity index (χ2n) is 13.8.